The molecular formula is C14H14NO4S2-. The maximum Gasteiger partial charge on any atom is 0.266 e. The van der Waals surface area contributed by atoms with E-state index in [0.29, 0.717) is 17.1 Å². The molecule has 21 heavy (non-hydrogen) atoms. The Kier molecular flexibility index (Phi) is 4.84. The number of hydrogen-bond donors (Lipinski definition) is 0. The van der Waals surface area contributed by atoms with E-state index in [1.165, 1.54) is 6.26 Å². The number of carboxylic acids is 1. The number of amides is 1. The number of carbonyl (C=O) groups is 2. The van der Waals surface area contributed by atoms with E-state index in [1.807, 2.05) is 13.8 Å². The van der Waals surface area contributed by atoms with Crippen molar-refractivity contribution in [1.82, 2.24) is 4.90 Å². The smallest absolute Gasteiger partial charge is 0.266 e. The van der Waals surface area contributed by atoms with Crippen molar-refractivity contribution in [3.05, 3.63) is 29.1 Å². The number of nitrogens with zero attached hydrogens (tertiary/aromatic N) is 1. The second-order valence-corrected chi connectivity index (χ2v) is 6.71. The lowest BCUT2D eigenvalue weighted by molar-refractivity contribution is -0.310. The Labute approximate surface area is 132 Å². The van der Waals surface area contributed by atoms with E-state index < -0.39 is 17.9 Å². The topological polar surface area (TPSA) is 73.6 Å². The summed E-state index contributed by atoms with van der Waals surface area (Å²) in [4.78, 5) is 25.2. The standard InChI is InChI=1S/C14H15NO4S2/c1-8(2)6-10(13(17)18)15-12(16)11(21-14(15)20)7-9-4-3-5-19-9/h3-5,7-8,10H,6H2,1-2H3,(H,17,18)/p-1/b11-7+/t10-/m1/s1. The summed E-state index contributed by atoms with van der Waals surface area (Å²) < 4.78 is 5.38. The third-order valence-electron chi connectivity index (χ3n) is 2.92. The molecule has 2 heterocycles. The largest absolute Gasteiger partial charge is 0.548 e. The highest BCUT2D eigenvalue weighted by atomic mass is 32.2. The molecule has 1 fully saturated rings. The van der Waals surface area contributed by atoms with E-state index in [9.17, 15) is 14.7 Å². The van der Waals surface area contributed by atoms with Crippen LogP contribution in [0.1, 0.15) is 26.0 Å². The molecule has 5 nitrogen and oxygen atoms in total. The second-order valence-electron chi connectivity index (χ2n) is 5.03. The van der Waals surface area contributed by atoms with E-state index in [0.717, 1.165) is 16.7 Å². The lowest BCUT2D eigenvalue weighted by Crippen LogP contribution is -2.50. The summed E-state index contributed by atoms with van der Waals surface area (Å²) in [7, 11) is 0. The Balaban J connectivity index is 2.27. The molecule has 1 aliphatic rings. The average Bonchev–Trinajstić information content (AvgIpc) is 2.97. The van der Waals surface area contributed by atoms with E-state index >= 15 is 0 Å². The van der Waals surface area contributed by atoms with Gasteiger partial charge in [0.1, 0.15) is 10.1 Å². The Morgan fingerprint density at radius 2 is 2.29 bits per heavy atom. The summed E-state index contributed by atoms with van der Waals surface area (Å²) in [5.41, 5.74) is 0. The van der Waals surface area contributed by atoms with E-state index in [1.54, 1.807) is 18.2 Å². The minimum Gasteiger partial charge on any atom is -0.548 e. The van der Waals surface area contributed by atoms with Crippen LogP contribution in [0.5, 0.6) is 0 Å². The van der Waals surface area contributed by atoms with E-state index in [2.05, 4.69) is 0 Å². The first-order valence-corrected chi connectivity index (χ1v) is 7.64. The summed E-state index contributed by atoms with van der Waals surface area (Å²) in [6.45, 7) is 3.76. The first-order chi connectivity index (χ1) is 9.90. The van der Waals surface area contributed by atoms with Gasteiger partial charge in [-0.15, -0.1) is 0 Å². The number of carbonyl (C=O) groups excluding carboxylic acids is 2. The van der Waals surface area contributed by atoms with Gasteiger partial charge in [0.15, 0.2) is 0 Å². The molecule has 0 saturated carbocycles. The number of thiocarbonyl (C=S) groups is 1. The van der Waals surface area contributed by atoms with Gasteiger partial charge >= 0.3 is 0 Å². The van der Waals surface area contributed by atoms with Crippen LogP contribution in [-0.2, 0) is 9.59 Å². The molecule has 0 bridgehead atoms. The molecule has 0 unspecified atom stereocenters. The minimum atomic E-state index is -1.29. The molecule has 1 saturated heterocycles. The molecule has 0 radical (unpaired) electrons. The molecule has 0 aliphatic carbocycles. The molecule has 0 spiro atoms. The highest BCUT2D eigenvalue weighted by molar-refractivity contribution is 8.26. The van der Waals surface area contributed by atoms with Crippen molar-refractivity contribution < 1.29 is 19.1 Å². The lowest BCUT2D eigenvalue weighted by atomic mass is 10.0. The van der Waals surface area contributed by atoms with Gasteiger partial charge in [0.25, 0.3) is 5.91 Å². The van der Waals surface area contributed by atoms with Gasteiger partial charge in [-0.25, -0.2) is 0 Å². The average molecular weight is 324 g/mol. The summed E-state index contributed by atoms with van der Waals surface area (Å²) >= 11 is 6.21. The first kappa shape index (κ1) is 15.8. The lowest BCUT2D eigenvalue weighted by Gasteiger charge is -2.28. The predicted molar refractivity (Wildman–Crippen MR) is 82.0 cm³/mol. The molecule has 1 aromatic heterocycles. The van der Waals surface area contributed by atoms with Crippen molar-refractivity contribution >= 4 is 46.3 Å². The fourth-order valence-electron chi connectivity index (χ4n) is 2.00. The van der Waals surface area contributed by atoms with Crippen molar-refractivity contribution in [2.75, 3.05) is 0 Å². The Morgan fingerprint density at radius 1 is 1.57 bits per heavy atom. The molecule has 112 valence electrons. The number of thioether (sulfide) groups is 1. The fourth-order valence-corrected chi connectivity index (χ4v) is 3.34. The van der Waals surface area contributed by atoms with Crippen LogP contribution in [0.2, 0.25) is 0 Å². The van der Waals surface area contributed by atoms with Gasteiger partial charge in [-0.05, 0) is 24.5 Å². The molecule has 1 amide bonds. The van der Waals surface area contributed by atoms with Gasteiger partial charge in [0, 0.05) is 6.08 Å². The third-order valence-corrected chi connectivity index (χ3v) is 4.25. The molecule has 0 aromatic carbocycles. The number of aliphatic carboxylic acids is 1. The highest BCUT2D eigenvalue weighted by Crippen LogP contribution is 2.35. The van der Waals surface area contributed by atoms with Crippen molar-refractivity contribution in [2.45, 2.75) is 26.3 Å². The summed E-state index contributed by atoms with van der Waals surface area (Å²) in [6, 6.07) is 2.37. The van der Waals surface area contributed by atoms with Crippen LogP contribution in [0.25, 0.3) is 6.08 Å². The Morgan fingerprint density at radius 3 is 2.81 bits per heavy atom. The third kappa shape index (κ3) is 3.54. The van der Waals surface area contributed by atoms with Crippen LogP contribution in [0, 0.1) is 5.92 Å². The van der Waals surface area contributed by atoms with Gasteiger partial charge in [-0.2, -0.15) is 0 Å². The zero-order valence-corrected chi connectivity index (χ0v) is 13.2. The van der Waals surface area contributed by atoms with Gasteiger partial charge in [-0.1, -0.05) is 37.8 Å². The number of furan rings is 1. The minimum absolute atomic E-state index is 0.103. The van der Waals surface area contributed by atoms with Crippen molar-refractivity contribution in [2.24, 2.45) is 5.92 Å². The van der Waals surface area contributed by atoms with Crippen molar-refractivity contribution in [1.29, 1.82) is 0 Å². The molecule has 2 rings (SSSR count). The summed E-state index contributed by atoms with van der Waals surface area (Å²) in [5, 5.41) is 11.3. The molecule has 7 heteroatoms. The number of carboxylic acid groups (broad SMARTS) is 1. The van der Waals surface area contributed by atoms with E-state index in [-0.39, 0.29) is 10.2 Å². The second kappa shape index (κ2) is 6.44. The SMILES string of the molecule is CC(C)C[C@H](C(=O)[O-])N1C(=O)/C(=C\c2ccco2)SC1=S. The number of rotatable bonds is 5. The molecule has 1 aromatic rings. The first-order valence-electron chi connectivity index (χ1n) is 6.41. The van der Waals surface area contributed by atoms with Crippen molar-refractivity contribution in [3.8, 4) is 0 Å². The van der Waals surface area contributed by atoms with Crippen molar-refractivity contribution in [3.63, 3.8) is 0 Å². The monoisotopic (exact) mass is 324 g/mol. The molecule has 0 N–H and O–H groups in total. The highest BCUT2D eigenvalue weighted by Gasteiger charge is 2.38. The fraction of sp³-hybridized carbons (Fsp3) is 0.357. The van der Waals surface area contributed by atoms with Crippen LogP contribution >= 0.6 is 24.0 Å². The zero-order chi connectivity index (χ0) is 15.6. The predicted octanol–water partition coefficient (Wildman–Crippen LogP) is 1.65. The number of hydrogen-bond acceptors (Lipinski definition) is 6. The summed E-state index contributed by atoms with van der Waals surface area (Å²) in [6.07, 6.45) is 3.35. The normalized spacial score (nSPS) is 18.8. The van der Waals surface area contributed by atoms with Crippen LogP contribution in [0.4, 0.5) is 0 Å². The zero-order valence-electron chi connectivity index (χ0n) is 11.6. The molecule has 1 aliphatic heterocycles. The van der Waals surface area contributed by atoms with E-state index in [4.69, 9.17) is 16.6 Å². The Hall–Kier alpha value is -1.60. The summed E-state index contributed by atoms with van der Waals surface area (Å²) in [5.74, 6) is -1.09. The Bertz CT molecular complexity index is 592. The van der Waals surface area contributed by atoms with Crippen LogP contribution in [-0.4, -0.2) is 27.1 Å². The van der Waals surface area contributed by atoms with Crippen LogP contribution in [0.3, 0.4) is 0 Å². The molecule has 1 atom stereocenters. The van der Waals surface area contributed by atoms with Crippen LogP contribution < -0.4 is 5.11 Å². The van der Waals surface area contributed by atoms with Crippen LogP contribution in [0.15, 0.2) is 27.7 Å². The quantitative estimate of drug-likeness (QED) is 0.605. The van der Waals surface area contributed by atoms with Gasteiger partial charge in [-0.3, -0.25) is 9.69 Å². The van der Waals surface area contributed by atoms with Gasteiger partial charge in [0.2, 0.25) is 0 Å². The molecular weight excluding hydrogens is 310 g/mol. The van der Waals surface area contributed by atoms with Gasteiger partial charge in [0.05, 0.1) is 23.2 Å². The maximum atomic E-state index is 12.4. The van der Waals surface area contributed by atoms with Gasteiger partial charge < -0.3 is 14.3 Å². The maximum absolute atomic E-state index is 12.4.